The first kappa shape index (κ1) is 33.4. The van der Waals surface area contributed by atoms with Crippen molar-refractivity contribution in [1.82, 2.24) is 15.0 Å². The second-order valence-electron chi connectivity index (χ2n) is 14.7. The van der Waals surface area contributed by atoms with Crippen LogP contribution in [-0.2, 0) is 5.41 Å². The second kappa shape index (κ2) is 13.4. The van der Waals surface area contributed by atoms with E-state index < -0.39 is 5.41 Å². The highest BCUT2D eigenvalue weighted by Gasteiger charge is 2.51. The zero-order valence-electron chi connectivity index (χ0n) is 31.2. The van der Waals surface area contributed by atoms with Crippen molar-refractivity contribution in [1.29, 1.82) is 5.26 Å². The van der Waals surface area contributed by atoms with Crippen LogP contribution in [0.5, 0.6) is 11.5 Å². The van der Waals surface area contributed by atoms with Crippen LogP contribution in [0.2, 0.25) is 0 Å². The number of nitrogens with zero attached hydrogens (tertiary/aromatic N) is 4. The monoisotopic (exact) mass is 740 g/mol. The Kier molecular flexibility index (Phi) is 7.70. The summed E-state index contributed by atoms with van der Waals surface area (Å²) in [5.41, 5.74) is 14.2. The van der Waals surface area contributed by atoms with Crippen molar-refractivity contribution in [3.8, 4) is 85.1 Å². The average Bonchev–Trinajstić information content (AvgIpc) is 3.59. The first-order valence-corrected chi connectivity index (χ1v) is 19.3. The standard InChI is InChI=1S/C53H32N4O/c54-33-34-19-21-35(22-20-34)40-27-29-44-42(31-40)43-32-41(28-30-45(43)53(44)46-15-7-9-17-48(46)58-49-18-10-8-16-47(49)53)36-23-25-39(26-24-36)52-56-50(37-11-3-1-4-12-37)55-51(57-52)38-13-5-2-6-14-38/h1-32H. The van der Waals surface area contributed by atoms with Gasteiger partial charge >= 0.3 is 0 Å². The molecule has 9 aromatic rings. The Balaban J connectivity index is 1.06. The van der Waals surface area contributed by atoms with E-state index in [1.54, 1.807) is 0 Å². The molecule has 270 valence electrons. The van der Waals surface area contributed by atoms with Crippen LogP contribution >= 0.6 is 0 Å². The van der Waals surface area contributed by atoms with Gasteiger partial charge in [-0.2, -0.15) is 5.26 Å². The molecule has 0 bridgehead atoms. The van der Waals surface area contributed by atoms with Crippen molar-refractivity contribution in [2.24, 2.45) is 0 Å². The van der Waals surface area contributed by atoms with Crippen molar-refractivity contribution in [3.05, 3.63) is 222 Å². The number of hydrogen-bond acceptors (Lipinski definition) is 5. The molecule has 8 aromatic carbocycles. The van der Waals surface area contributed by atoms with Crippen molar-refractivity contribution < 1.29 is 4.74 Å². The van der Waals surface area contributed by atoms with Crippen LogP contribution < -0.4 is 4.74 Å². The van der Waals surface area contributed by atoms with Crippen molar-refractivity contribution >= 4 is 0 Å². The smallest absolute Gasteiger partial charge is 0.164 e. The molecule has 0 radical (unpaired) electrons. The zero-order chi connectivity index (χ0) is 38.6. The van der Waals surface area contributed by atoms with Gasteiger partial charge in [0.15, 0.2) is 17.5 Å². The molecule has 11 rings (SSSR count). The first-order chi connectivity index (χ1) is 28.7. The number of rotatable bonds is 5. The predicted molar refractivity (Wildman–Crippen MR) is 229 cm³/mol. The topological polar surface area (TPSA) is 71.7 Å². The maximum Gasteiger partial charge on any atom is 0.164 e. The largest absolute Gasteiger partial charge is 0.457 e. The summed E-state index contributed by atoms with van der Waals surface area (Å²) in [4.78, 5) is 14.8. The summed E-state index contributed by atoms with van der Waals surface area (Å²) in [6.07, 6.45) is 0. The highest BCUT2D eigenvalue weighted by atomic mass is 16.5. The third-order valence-corrected chi connectivity index (χ3v) is 11.5. The van der Waals surface area contributed by atoms with Gasteiger partial charge in [-0.05, 0) is 80.9 Å². The highest BCUT2D eigenvalue weighted by molar-refractivity contribution is 5.92. The predicted octanol–water partition coefficient (Wildman–Crippen LogP) is 12.5. The lowest BCUT2D eigenvalue weighted by Crippen LogP contribution is -2.32. The Hall–Kier alpha value is -7.94. The molecular weight excluding hydrogens is 709 g/mol. The van der Waals surface area contributed by atoms with Crippen LogP contribution in [0.4, 0.5) is 0 Å². The molecule has 5 nitrogen and oxygen atoms in total. The number of fused-ring (bicyclic) bond motifs is 9. The molecule has 0 N–H and O–H groups in total. The van der Waals surface area contributed by atoms with Crippen LogP contribution in [0.25, 0.3) is 67.5 Å². The molecule has 5 heteroatoms. The summed E-state index contributed by atoms with van der Waals surface area (Å²) in [6, 6.07) is 69.2. The molecule has 2 aliphatic rings. The number of para-hydroxylation sites is 2. The minimum absolute atomic E-state index is 0.576. The van der Waals surface area contributed by atoms with E-state index in [1.807, 2.05) is 97.1 Å². The van der Waals surface area contributed by atoms with E-state index >= 15 is 0 Å². The molecular formula is C53H32N4O. The van der Waals surface area contributed by atoms with E-state index in [2.05, 4.69) is 103 Å². The maximum absolute atomic E-state index is 9.47. The summed E-state index contributed by atoms with van der Waals surface area (Å²) in [5, 5.41) is 9.47. The molecule has 0 fully saturated rings. The summed E-state index contributed by atoms with van der Waals surface area (Å²) < 4.78 is 6.57. The van der Waals surface area contributed by atoms with Gasteiger partial charge in [-0.3, -0.25) is 0 Å². The van der Waals surface area contributed by atoms with Gasteiger partial charge in [-0.1, -0.05) is 158 Å². The number of nitriles is 1. The van der Waals surface area contributed by atoms with Gasteiger partial charge in [-0.25, -0.2) is 15.0 Å². The fourth-order valence-corrected chi connectivity index (χ4v) is 8.75. The second-order valence-corrected chi connectivity index (χ2v) is 14.7. The van der Waals surface area contributed by atoms with Gasteiger partial charge in [0.25, 0.3) is 0 Å². The Morgan fingerprint density at radius 1 is 0.362 bits per heavy atom. The summed E-state index contributed by atoms with van der Waals surface area (Å²) >= 11 is 0. The number of aromatic nitrogens is 3. The molecule has 1 spiro atoms. The van der Waals surface area contributed by atoms with Gasteiger partial charge in [0.1, 0.15) is 11.5 Å². The van der Waals surface area contributed by atoms with E-state index in [4.69, 9.17) is 19.7 Å². The van der Waals surface area contributed by atoms with Gasteiger partial charge in [0.2, 0.25) is 0 Å². The van der Waals surface area contributed by atoms with E-state index in [9.17, 15) is 5.26 Å². The van der Waals surface area contributed by atoms with Crippen LogP contribution in [0.1, 0.15) is 27.8 Å². The lowest BCUT2D eigenvalue weighted by Gasteiger charge is -2.39. The Bertz CT molecular complexity index is 2980. The molecule has 0 atom stereocenters. The Morgan fingerprint density at radius 3 is 1.21 bits per heavy atom. The maximum atomic E-state index is 9.47. The molecule has 2 heterocycles. The zero-order valence-corrected chi connectivity index (χ0v) is 31.2. The lowest BCUT2D eigenvalue weighted by atomic mass is 9.66. The van der Waals surface area contributed by atoms with E-state index in [1.165, 1.54) is 22.3 Å². The fourth-order valence-electron chi connectivity index (χ4n) is 8.75. The van der Waals surface area contributed by atoms with Crippen molar-refractivity contribution in [3.63, 3.8) is 0 Å². The normalized spacial score (nSPS) is 12.7. The summed E-state index contributed by atoms with van der Waals surface area (Å²) in [5.74, 6) is 3.61. The van der Waals surface area contributed by atoms with Gasteiger partial charge in [0.05, 0.1) is 17.0 Å². The molecule has 58 heavy (non-hydrogen) atoms. The highest BCUT2D eigenvalue weighted by Crippen LogP contribution is 2.62. The third kappa shape index (κ3) is 5.27. The minimum Gasteiger partial charge on any atom is -0.457 e. The van der Waals surface area contributed by atoms with Crippen LogP contribution in [0.3, 0.4) is 0 Å². The van der Waals surface area contributed by atoms with E-state index in [0.29, 0.717) is 23.0 Å². The molecule has 0 amide bonds. The van der Waals surface area contributed by atoms with Crippen LogP contribution in [0, 0.1) is 11.3 Å². The van der Waals surface area contributed by atoms with E-state index in [-0.39, 0.29) is 0 Å². The molecule has 1 aliphatic carbocycles. The SMILES string of the molecule is N#Cc1ccc(-c2ccc3c(c2)-c2cc(-c4ccc(-c5nc(-c6ccccc6)nc(-c6ccccc6)n5)cc4)ccc2C32c3ccccc3Oc3ccccc32)cc1. The van der Waals surface area contributed by atoms with Crippen molar-refractivity contribution in [2.45, 2.75) is 5.41 Å². The molecule has 0 saturated carbocycles. The quantitative estimate of drug-likeness (QED) is 0.176. The minimum atomic E-state index is -0.576. The third-order valence-electron chi connectivity index (χ3n) is 11.5. The molecule has 1 aliphatic heterocycles. The van der Waals surface area contributed by atoms with Gasteiger partial charge < -0.3 is 4.74 Å². The van der Waals surface area contributed by atoms with Crippen molar-refractivity contribution in [2.75, 3.05) is 0 Å². The fraction of sp³-hybridized carbons (Fsp3) is 0.0189. The summed E-state index contributed by atoms with van der Waals surface area (Å²) in [6.45, 7) is 0. The van der Waals surface area contributed by atoms with Crippen LogP contribution in [0.15, 0.2) is 194 Å². The van der Waals surface area contributed by atoms with Crippen LogP contribution in [-0.4, -0.2) is 15.0 Å². The molecule has 0 saturated heterocycles. The number of benzene rings is 8. The molecule has 0 unspecified atom stereocenters. The van der Waals surface area contributed by atoms with Gasteiger partial charge in [-0.15, -0.1) is 0 Å². The Morgan fingerprint density at radius 2 is 0.741 bits per heavy atom. The van der Waals surface area contributed by atoms with E-state index in [0.717, 1.165) is 61.6 Å². The summed E-state index contributed by atoms with van der Waals surface area (Å²) in [7, 11) is 0. The number of ether oxygens (including phenoxy) is 1. The Labute approximate surface area is 336 Å². The average molecular weight is 741 g/mol. The first-order valence-electron chi connectivity index (χ1n) is 19.3. The number of hydrogen-bond donors (Lipinski definition) is 0. The van der Waals surface area contributed by atoms with Gasteiger partial charge in [0, 0.05) is 27.8 Å². The molecule has 1 aromatic heterocycles. The lowest BCUT2D eigenvalue weighted by molar-refractivity contribution is 0.436.